The van der Waals surface area contributed by atoms with Crippen molar-refractivity contribution in [2.45, 2.75) is 178 Å². The van der Waals surface area contributed by atoms with Gasteiger partial charge in [0, 0.05) is 8.95 Å². The molecule has 2 aliphatic carbocycles. The Bertz CT molecular complexity index is 2260. The SMILES string of the molecule is CC[Si](CC)(CC)OC1(c2ccc(Br)cc2)C=CC(O[Si](CC)(CC)CC)(c2ccc(/C=C\c3ccc(C4(O[Si](CC)(CC)CC)C=CC(O[Si](CC)(CC)CC)(c5ccc(Br)cc5)C=C4)cc3)cc2)C=C1. The zero-order chi connectivity index (χ0) is 52.3. The maximum atomic E-state index is 7.59. The molecule has 0 fully saturated rings. The highest BCUT2D eigenvalue weighted by Gasteiger charge is 2.48. The van der Waals surface area contributed by atoms with E-state index in [1.807, 2.05) is 0 Å². The molecule has 0 unspecified atom stereocenters. The summed E-state index contributed by atoms with van der Waals surface area (Å²) in [5.41, 5.74) is 4.14. The number of hydrogen-bond acceptors (Lipinski definition) is 4. The van der Waals surface area contributed by atoms with Crippen LogP contribution >= 0.6 is 31.9 Å². The van der Waals surface area contributed by atoms with E-state index < -0.39 is 55.7 Å². The highest BCUT2D eigenvalue weighted by atomic mass is 79.9. The van der Waals surface area contributed by atoms with Gasteiger partial charge in [-0.3, -0.25) is 0 Å². The topological polar surface area (TPSA) is 36.9 Å². The van der Waals surface area contributed by atoms with Crippen molar-refractivity contribution in [3.05, 3.63) is 188 Å². The highest BCUT2D eigenvalue weighted by Crippen LogP contribution is 2.48. The highest BCUT2D eigenvalue weighted by molar-refractivity contribution is 9.10. The third-order valence-electron chi connectivity index (χ3n) is 17.4. The molecule has 4 nitrogen and oxygen atoms in total. The van der Waals surface area contributed by atoms with Gasteiger partial charge < -0.3 is 17.7 Å². The molecule has 0 bridgehead atoms. The molecule has 4 aromatic rings. The van der Waals surface area contributed by atoms with E-state index in [1.54, 1.807) is 0 Å². The monoisotopic (exact) mass is 1160 g/mol. The molecule has 72 heavy (non-hydrogen) atoms. The van der Waals surface area contributed by atoms with Gasteiger partial charge in [0.15, 0.2) is 33.3 Å². The summed E-state index contributed by atoms with van der Waals surface area (Å²) in [6.45, 7) is 27.8. The summed E-state index contributed by atoms with van der Waals surface area (Å²) in [5.74, 6) is 0. The van der Waals surface area contributed by atoms with E-state index in [0.717, 1.165) is 115 Å². The van der Waals surface area contributed by atoms with Gasteiger partial charge in [-0.15, -0.1) is 0 Å². The second kappa shape index (κ2) is 24.9. The normalized spacial score (nSPS) is 22.6. The average Bonchev–Trinajstić information content (AvgIpc) is 3.44. The number of rotatable bonds is 26. The van der Waals surface area contributed by atoms with Crippen molar-refractivity contribution in [2.75, 3.05) is 0 Å². The number of benzene rings is 4. The Labute approximate surface area is 457 Å². The molecule has 0 spiro atoms. The average molecular weight is 1170 g/mol. The predicted molar refractivity (Wildman–Crippen MR) is 326 cm³/mol. The molecule has 0 atom stereocenters. The fourth-order valence-electron chi connectivity index (χ4n) is 11.1. The standard InChI is InChI=1S/C62H86Br2O4Si4/c1-13-69(14-2,15-3)65-59(43-47-61(48-44-59,55-35-39-57(63)40-36-55)67-71(19-7,20-8)21-9)53-31-27-51(28-32-53)25-26-52-29-33-54(34-30-52)60(66-70(16-4,17-5)18-6)45-49-62(50-46-60,56-37-41-58(64)42-38-56)68-72(22-10,23-11)24-12/h25-50H,13-24H2,1-12H3/b26-25-. The van der Waals surface area contributed by atoms with Gasteiger partial charge >= 0.3 is 0 Å². The molecule has 4 aromatic carbocycles. The first-order valence-electron chi connectivity index (χ1n) is 27.6. The molecule has 388 valence electrons. The lowest BCUT2D eigenvalue weighted by molar-refractivity contribution is 0.121. The smallest absolute Gasteiger partial charge is 0.194 e. The molecular formula is C62H86Br2O4Si4. The van der Waals surface area contributed by atoms with Crippen molar-refractivity contribution in [1.29, 1.82) is 0 Å². The Morgan fingerprint density at radius 3 is 0.625 bits per heavy atom. The van der Waals surface area contributed by atoms with Crippen LogP contribution in [0, 0.1) is 0 Å². The van der Waals surface area contributed by atoms with Gasteiger partial charge in [0.1, 0.15) is 22.4 Å². The summed E-state index contributed by atoms with van der Waals surface area (Å²) in [5, 5.41) is 0. The van der Waals surface area contributed by atoms with Crippen molar-refractivity contribution in [1.82, 2.24) is 0 Å². The minimum Gasteiger partial charge on any atom is -0.401 e. The zero-order valence-corrected chi connectivity index (χ0v) is 53.1. The van der Waals surface area contributed by atoms with Crippen molar-refractivity contribution >= 4 is 77.3 Å². The molecule has 0 saturated heterocycles. The van der Waals surface area contributed by atoms with Gasteiger partial charge in [0.2, 0.25) is 0 Å². The van der Waals surface area contributed by atoms with Gasteiger partial charge in [-0.2, -0.15) is 0 Å². The van der Waals surface area contributed by atoms with Crippen molar-refractivity contribution in [2.24, 2.45) is 0 Å². The molecule has 0 saturated carbocycles. The van der Waals surface area contributed by atoms with Crippen LogP contribution in [0.4, 0.5) is 0 Å². The van der Waals surface area contributed by atoms with E-state index in [0.29, 0.717) is 0 Å². The van der Waals surface area contributed by atoms with E-state index in [-0.39, 0.29) is 0 Å². The fraction of sp³-hybridized carbons (Fsp3) is 0.452. The van der Waals surface area contributed by atoms with Gasteiger partial charge in [-0.1, -0.05) is 200 Å². The summed E-state index contributed by atoms with van der Waals surface area (Å²) in [7, 11) is -8.27. The largest absolute Gasteiger partial charge is 0.401 e. The molecule has 0 aromatic heterocycles. The second-order valence-corrected chi connectivity index (χ2v) is 41.1. The molecule has 0 amide bonds. The van der Waals surface area contributed by atoms with Crippen molar-refractivity contribution in [3.8, 4) is 0 Å². The van der Waals surface area contributed by atoms with Crippen LogP contribution in [0.1, 0.15) is 116 Å². The second-order valence-electron chi connectivity index (χ2n) is 20.5. The third kappa shape index (κ3) is 12.4. The summed E-state index contributed by atoms with van der Waals surface area (Å²) < 4.78 is 32.3. The lowest BCUT2D eigenvalue weighted by atomic mass is 9.81. The molecule has 0 N–H and O–H groups in total. The van der Waals surface area contributed by atoms with E-state index in [9.17, 15) is 0 Å². The minimum atomic E-state index is -2.09. The van der Waals surface area contributed by atoms with Crippen LogP contribution < -0.4 is 0 Å². The molecular weight excluding hydrogens is 1080 g/mol. The van der Waals surface area contributed by atoms with E-state index in [2.05, 4.69) is 273 Å². The molecule has 10 heteroatoms. The van der Waals surface area contributed by atoms with Gasteiger partial charge in [-0.25, -0.2) is 0 Å². The Hall–Kier alpha value is -2.75. The van der Waals surface area contributed by atoms with Crippen molar-refractivity contribution < 1.29 is 17.7 Å². The van der Waals surface area contributed by atoms with Crippen LogP contribution in [0.3, 0.4) is 0 Å². The first kappa shape index (κ1) is 58.5. The van der Waals surface area contributed by atoms with E-state index in [4.69, 9.17) is 17.7 Å². The fourth-order valence-corrected chi connectivity index (χ4v) is 23.3. The van der Waals surface area contributed by atoms with Crippen LogP contribution in [0.25, 0.3) is 12.2 Å². The van der Waals surface area contributed by atoms with Crippen molar-refractivity contribution in [3.63, 3.8) is 0 Å². The van der Waals surface area contributed by atoms with Crippen LogP contribution in [-0.2, 0) is 40.1 Å². The van der Waals surface area contributed by atoms with Gasteiger partial charge in [-0.05, 0) is 179 Å². The first-order chi connectivity index (χ1) is 34.5. The quantitative estimate of drug-likeness (QED) is 0.0357. The Kier molecular flexibility index (Phi) is 20.3. The predicted octanol–water partition coefficient (Wildman–Crippen LogP) is 19.9. The molecule has 6 rings (SSSR count). The van der Waals surface area contributed by atoms with E-state index >= 15 is 0 Å². The number of hydrogen-bond donors (Lipinski definition) is 0. The Morgan fingerprint density at radius 1 is 0.292 bits per heavy atom. The lowest BCUT2D eigenvalue weighted by Crippen LogP contribution is -2.48. The maximum absolute atomic E-state index is 7.59. The first-order valence-corrected chi connectivity index (χ1v) is 39.3. The van der Waals surface area contributed by atoms with Crippen LogP contribution in [0.15, 0.2) is 155 Å². The van der Waals surface area contributed by atoms with Gasteiger partial charge in [0.05, 0.1) is 0 Å². The van der Waals surface area contributed by atoms with Crippen LogP contribution in [-0.4, -0.2) is 33.3 Å². The van der Waals surface area contributed by atoms with Gasteiger partial charge in [0.25, 0.3) is 0 Å². The van der Waals surface area contributed by atoms with Crippen LogP contribution in [0.2, 0.25) is 72.5 Å². The maximum Gasteiger partial charge on any atom is 0.194 e. The lowest BCUT2D eigenvalue weighted by Gasteiger charge is -2.46. The zero-order valence-electron chi connectivity index (χ0n) is 45.9. The summed E-state index contributed by atoms with van der Waals surface area (Å²) >= 11 is 7.37. The number of halogens is 2. The molecule has 0 radical (unpaired) electrons. The third-order valence-corrected chi connectivity index (χ3v) is 37.0. The minimum absolute atomic E-state index is 0.664. The molecule has 0 aliphatic heterocycles. The molecule has 2 aliphatic rings. The van der Waals surface area contributed by atoms with E-state index in [1.165, 1.54) is 0 Å². The summed E-state index contributed by atoms with van der Waals surface area (Å²) in [6, 6.07) is 48.3. The summed E-state index contributed by atoms with van der Waals surface area (Å²) in [4.78, 5) is 0. The molecule has 0 heterocycles. The van der Waals surface area contributed by atoms with Crippen LogP contribution in [0.5, 0.6) is 0 Å². The summed E-state index contributed by atoms with van der Waals surface area (Å²) in [6.07, 6.45) is 23.1. The Morgan fingerprint density at radius 2 is 0.458 bits per heavy atom. The Balaban J connectivity index is 1.34.